The van der Waals surface area contributed by atoms with E-state index in [1.54, 1.807) is 0 Å². The highest BCUT2D eigenvalue weighted by atomic mass is 15.0. The molecule has 0 aliphatic heterocycles. The molecule has 2 fully saturated rings. The highest BCUT2D eigenvalue weighted by molar-refractivity contribution is 4.86. The zero-order valence-electron chi connectivity index (χ0n) is 10.0. The van der Waals surface area contributed by atoms with Gasteiger partial charge in [-0.3, -0.25) is 0 Å². The quantitative estimate of drug-likeness (QED) is 0.751. The van der Waals surface area contributed by atoms with Crippen molar-refractivity contribution in [2.45, 2.75) is 76.4 Å². The summed E-state index contributed by atoms with van der Waals surface area (Å²) in [5.41, 5.74) is 5.93. The van der Waals surface area contributed by atoms with Gasteiger partial charge in [0, 0.05) is 18.1 Å². The second-order valence-corrected chi connectivity index (χ2v) is 5.56. The third-order valence-electron chi connectivity index (χ3n) is 4.37. The van der Waals surface area contributed by atoms with E-state index in [0.717, 1.165) is 18.0 Å². The first-order valence-corrected chi connectivity index (χ1v) is 6.79. The van der Waals surface area contributed by atoms with E-state index < -0.39 is 0 Å². The maximum atomic E-state index is 5.93. The third kappa shape index (κ3) is 3.18. The number of nitrogens with one attached hydrogen (secondary N) is 1. The molecule has 2 heteroatoms. The predicted molar refractivity (Wildman–Crippen MR) is 64.8 cm³/mol. The van der Waals surface area contributed by atoms with Crippen molar-refractivity contribution >= 4 is 0 Å². The van der Waals surface area contributed by atoms with Gasteiger partial charge in [0.15, 0.2) is 0 Å². The molecular weight excluding hydrogens is 184 g/mol. The van der Waals surface area contributed by atoms with Gasteiger partial charge in [0.1, 0.15) is 0 Å². The number of hydrogen-bond donors (Lipinski definition) is 2. The third-order valence-corrected chi connectivity index (χ3v) is 4.37. The van der Waals surface area contributed by atoms with E-state index in [2.05, 4.69) is 12.2 Å². The lowest BCUT2D eigenvalue weighted by Crippen LogP contribution is -2.39. The normalized spacial score (nSPS) is 42.0. The van der Waals surface area contributed by atoms with Gasteiger partial charge < -0.3 is 11.1 Å². The Kier molecular flexibility index (Phi) is 4.04. The van der Waals surface area contributed by atoms with Crippen LogP contribution >= 0.6 is 0 Å². The first-order valence-electron chi connectivity index (χ1n) is 6.79. The molecule has 2 aliphatic rings. The molecule has 2 nitrogen and oxygen atoms in total. The average Bonchev–Trinajstić information content (AvgIpc) is 2.65. The first-order chi connectivity index (χ1) is 7.28. The lowest BCUT2D eigenvalue weighted by Gasteiger charge is -2.30. The van der Waals surface area contributed by atoms with E-state index in [-0.39, 0.29) is 0 Å². The molecule has 0 amide bonds. The van der Waals surface area contributed by atoms with Crippen LogP contribution in [0, 0.1) is 5.92 Å². The minimum Gasteiger partial charge on any atom is -0.328 e. The van der Waals surface area contributed by atoms with Crippen LogP contribution in [0.3, 0.4) is 0 Å². The molecule has 2 atom stereocenters. The summed E-state index contributed by atoms with van der Waals surface area (Å²) in [5.74, 6) is 1.01. The monoisotopic (exact) mass is 210 g/mol. The topological polar surface area (TPSA) is 38.0 Å². The van der Waals surface area contributed by atoms with Crippen molar-refractivity contribution in [2.75, 3.05) is 0 Å². The minimum absolute atomic E-state index is 0.467. The summed E-state index contributed by atoms with van der Waals surface area (Å²) in [6.45, 7) is 2.33. The highest BCUT2D eigenvalue weighted by Crippen LogP contribution is 2.28. The molecular formula is C13H26N2. The van der Waals surface area contributed by atoms with Crippen LogP contribution in [0.4, 0.5) is 0 Å². The Morgan fingerprint density at radius 3 is 2.20 bits per heavy atom. The molecule has 0 saturated heterocycles. The summed E-state index contributed by atoms with van der Waals surface area (Å²) >= 11 is 0. The average molecular weight is 210 g/mol. The van der Waals surface area contributed by atoms with Gasteiger partial charge in [-0.2, -0.15) is 0 Å². The number of hydrogen-bond acceptors (Lipinski definition) is 2. The van der Waals surface area contributed by atoms with Crippen molar-refractivity contribution < 1.29 is 0 Å². The van der Waals surface area contributed by atoms with Gasteiger partial charge in [-0.05, 0) is 50.9 Å². The summed E-state index contributed by atoms with van der Waals surface area (Å²) in [4.78, 5) is 0. The Balaban J connectivity index is 1.68. The highest BCUT2D eigenvalue weighted by Gasteiger charge is 2.26. The van der Waals surface area contributed by atoms with E-state index in [1.165, 1.54) is 51.4 Å². The smallest absolute Gasteiger partial charge is 0.00849 e. The van der Waals surface area contributed by atoms with Crippen LogP contribution in [0.5, 0.6) is 0 Å². The zero-order valence-corrected chi connectivity index (χ0v) is 10.0. The summed E-state index contributed by atoms with van der Waals surface area (Å²) in [7, 11) is 0. The SMILES string of the molecule is CCC1CCC(NC2CCC(N)C2)CC1. The van der Waals surface area contributed by atoms with Crippen molar-refractivity contribution in [1.29, 1.82) is 0 Å². The molecule has 2 unspecified atom stereocenters. The lowest BCUT2D eigenvalue weighted by molar-refractivity contribution is 0.268. The van der Waals surface area contributed by atoms with Crippen molar-refractivity contribution in [3.05, 3.63) is 0 Å². The van der Waals surface area contributed by atoms with E-state index in [4.69, 9.17) is 5.73 Å². The van der Waals surface area contributed by atoms with Crippen molar-refractivity contribution in [3.8, 4) is 0 Å². The van der Waals surface area contributed by atoms with Crippen molar-refractivity contribution in [1.82, 2.24) is 5.32 Å². The van der Waals surface area contributed by atoms with Gasteiger partial charge >= 0.3 is 0 Å². The molecule has 2 saturated carbocycles. The van der Waals surface area contributed by atoms with Gasteiger partial charge in [-0.15, -0.1) is 0 Å². The maximum absolute atomic E-state index is 5.93. The molecule has 0 bridgehead atoms. The van der Waals surface area contributed by atoms with Crippen molar-refractivity contribution in [3.63, 3.8) is 0 Å². The fourth-order valence-corrected chi connectivity index (χ4v) is 3.24. The molecule has 88 valence electrons. The summed E-state index contributed by atoms with van der Waals surface area (Å²) < 4.78 is 0. The number of rotatable bonds is 3. The molecule has 0 aromatic rings. The standard InChI is InChI=1S/C13H26N2/c1-2-10-3-6-12(7-4-10)15-13-8-5-11(14)9-13/h10-13,15H,2-9,14H2,1H3. The molecule has 2 aliphatic carbocycles. The summed E-state index contributed by atoms with van der Waals surface area (Å²) in [5, 5.41) is 3.81. The summed E-state index contributed by atoms with van der Waals surface area (Å²) in [6, 6.07) is 1.99. The van der Waals surface area contributed by atoms with Crippen LogP contribution in [0.2, 0.25) is 0 Å². The molecule has 0 aromatic heterocycles. The van der Waals surface area contributed by atoms with Crippen LogP contribution < -0.4 is 11.1 Å². The van der Waals surface area contributed by atoms with Gasteiger partial charge in [0.25, 0.3) is 0 Å². The predicted octanol–water partition coefficient (Wildman–Crippen LogP) is 2.42. The second-order valence-electron chi connectivity index (χ2n) is 5.56. The molecule has 0 aromatic carbocycles. The van der Waals surface area contributed by atoms with Crippen LogP contribution in [0.1, 0.15) is 58.3 Å². The van der Waals surface area contributed by atoms with Gasteiger partial charge in [0.2, 0.25) is 0 Å². The maximum Gasteiger partial charge on any atom is 0.00849 e. The zero-order chi connectivity index (χ0) is 10.7. The molecule has 15 heavy (non-hydrogen) atoms. The second kappa shape index (κ2) is 5.31. The Morgan fingerprint density at radius 2 is 1.67 bits per heavy atom. The molecule has 0 radical (unpaired) electrons. The Labute approximate surface area is 94.0 Å². The van der Waals surface area contributed by atoms with Crippen LogP contribution in [-0.4, -0.2) is 18.1 Å². The summed E-state index contributed by atoms with van der Waals surface area (Å²) in [6.07, 6.45) is 10.8. The lowest BCUT2D eigenvalue weighted by atomic mass is 9.84. The van der Waals surface area contributed by atoms with Crippen LogP contribution in [0.15, 0.2) is 0 Å². The van der Waals surface area contributed by atoms with Gasteiger partial charge in [-0.1, -0.05) is 13.3 Å². The fourth-order valence-electron chi connectivity index (χ4n) is 3.24. The van der Waals surface area contributed by atoms with E-state index in [0.29, 0.717) is 6.04 Å². The Morgan fingerprint density at radius 1 is 1.00 bits per heavy atom. The molecule has 3 N–H and O–H groups in total. The molecule has 0 heterocycles. The van der Waals surface area contributed by atoms with Gasteiger partial charge in [-0.25, -0.2) is 0 Å². The number of nitrogens with two attached hydrogens (primary N) is 1. The Hall–Kier alpha value is -0.0800. The van der Waals surface area contributed by atoms with Crippen molar-refractivity contribution in [2.24, 2.45) is 11.7 Å². The minimum atomic E-state index is 0.467. The fraction of sp³-hybridized carbons (Fsp3) is 1.00. The first kappa shape index (κ1) is 11.4. The largest absolute Gasteiger partial charge is 0.328 e. The van der Waals surface area contributed by atoms with Crippen LogP contribution in [0.25, 0.3) is 0 Å². The molecule has 0 spiro atoms. The van der Waals surface area contributed by atoms with Gasteiger partial charge in [0.05, 0.1) is 0 Å². The van der Waals surface area contributed by atoms with E-state index in [9.17, 15) is 0 Å². The van der Waals surface area contributed by atoms with E-state index >= 15 is 0 Å². The Bertz CT molecular complexity index is 185. The van der Waals surface area contributed by atoms with E-state index in [1.807, 2.05) is 0 Å². The van der Waals surface area contributed by atoms with Crippen LogP contribution in [-0.2, 0) is 0 Å². The molecule has 2 rings (SSSR count).